The molecule has 2 saturated heterocycles. The van der Waals surface area contributed by atoms with E-state index in [2.05, 4.69) is 16.0 Å². The number of nitrogens with two attached hydrogens (primary N) is 1. The van der Waals surface area contributed by atoms with E-state index in [9.17, 15) is 4.79 Å². The molecule has 3 heterocycles. The molecule has 19 heavy (non-hydrogen) atoms. The third kappa shape index (κ3) is 2.30. The van der Waals surface area contributed by atoms with Gasteiger partial charge in [0, 0.05) is 38.1 Å². The summed E-state index contributed by atoms with van der Waals surface area (Å²) in [6, 6.07) is 4.43. The Morgan fingerprint density at radius 3 is 2.95 bits per heavy atom. The van der Waals surface area contributed by atoms with Gasteiger partial charge in [-0.15, -0.1) is 0 Å². The number of aromatic nitrogens is 1. The maximum absolute atomic E-state index is 11.7. The highest BCUT2D eigenvalue weighted by molar-refractivity contribution is 5.79. The van der Waals surface area contributed by atoms with E-state index in [0.717, 1.165) is 37.4 Å². The molecule has 2 unspecified atom stereocenters. The molecule has 0 bridgehead atoms. The van der Waals surface area contributed by atoms with Crippen LogP contribution in [-0.2, 0) is 4.79 Å². The normalized spacial score (nSPS) is 24.5. The number of hydrogen-bond donors (Lipinski definition) is 1. The highest BCUT2D eigenvalue weighted by Crippen LogP contribution is 2.26. The summed E-state index contributed by atoms with van der Waals surface area (Å²) in [5, 5.41) is 0. The Labute approximate surface area is 113 Å². The molecule has 1 aromatic rings. The van der Waals surface area contributed by atoms with E-state index in [0.29, 0.717) is 18.4 Å². The smallest absolute Gasteiger partial charge is 0.223 e. The second-order valence-electron chi connectivity index (χ2n) is 5.46. The average molecular weight is 260 g/mol. The number of anilines is 1. The van der Waals surface area contributed by atoms with Crippen molar-refractivity contribution in [3.63, 3.8) is 0 Å². The molecule has 0 saturated carbocycles. The Morgan fingerprint density at radius 1 is 1.42 bits per heavy atom. The number of amides is 1. The molecular formula is C14H20N4O. The molecule has 5 heteroatoms. The van der Waals surface area contributed by atoms with Crippen molar-refractivity contribution in [3.8, 4) is 0 Å². The molecule has 102 valence electrons. The highest BCUT2D eigenvalue weighted by atomic mass is 16.2. The SMILES string of the molecule is CC(N)c1ccc(N2CCN3C(=O)CCC3C2)cn1. The first-order chi connectivity index (χ1) is 9.15. The summed E-state index contributed by atoms with van der Waals surface area (Å²) in [6.45, 7) is 4.58. The first kappa shape index (κ1) is 12.4. The Morgan fingerprint density at radius 2 is 2.26 bits per heavy atom. The zero-order valence-electron chi connectivity index (χ0n) is 11.2. The molecular weight excluding hydrogens is 240 g/mol. The van der Waals surface area contributed by atoms with E-state index in [1.165, 1.54) is 0 Å². The van der Waals surface area contributed by atoms with Gasteiger partial charge in [0.05, 0.1) is 17.6 Å². The zero-order valence-corrected chi connectivity index (χ0v) is 11.2. The second-order valence-corrected chi connectivity index (χ2v) is 5.46. The molecule has 0 radical (unpaired) electrons. The van der Waals surface area contributed by atoms with Crippen molar-refractivity contribution in [2.45, 2.75) is 31.8 Å². The fourth-order valence-electron chi connectivity index (χ4n) is 2.95. The van der Waals surface area contributed by atoms with Crippen molar-refractivity contribution in [3.05, 3.63) is 24.0 Å². The lowest BCUT2D eigenvalue weighted by molar-refractivity contribution is -0.129. The van der Waals surface area contributed by atoms with Gasteiger partial charge in [-0.05, 0) is 25.5 Å². The van der Waals surface area contributed by atoms with E-state index < -0.39 is 0 Å². The Kier molecular flexibility index (Phi) is 3.14. The summed E-state index contributed by atoms with van der Waals surface area (Å²) >= 11 is 0. The molecule has 2 aliphatic rings. The second kappa shape index (κ2) is 4.81. The maximum atomic E-state index is 11.7. The average Bonchev–Trinajstić information content (AvgIpc) is 2.80. The summed E-state index contributed by atoms with van der Waals surface area (Å²) in [5.74, 6) is 0.315. The maximum Gasteiger partial charge on any atom is 0.223 e. The van der Waals surface area contributed by atoms with Gasteiger partial charge in [-0.25, -0.2) is 0 Å². The fraction of sp³-hybridized carbons (Fsp3) is 0.571. The van der Waals surface area contributed by atoms with Crippen LogP contribution in [0.3, 0.4) is 0 Å². The molecule has 3 rings (SSSR count). The predicted molar refractivity (Wildman–Crippen MR) is 73.8 cm³/mol. The summed E-state index contributed by atoms with van der Waals surface area (Å²) in [6.07, 6.45) is 3.59. The van der Waals surface area contributed by atoms with Crippen molar-refractivity contribution in [1.82, 2.24) is 9.88 Å². The largest absolute Gasteiger partial charge is 0.366 e. The lowest BCUT2D eigenvalue weighted by Crippen LogP contribution is -2.51. The minimum Gasteiger partial charge on any atom is -0.366 e. The Balaban J connectivity index is 1.71. The first-order valence-electron chi connectivity index (χ1n) is 6.91. The van der Waals surface area contributed by atoms with Crippen LogP contribution in [0.5, 0.6) is 0 Å². The van der Waals surface area contributed by atoms with Crippen LogP contribution in [0.25, 0.3) is 0 Å². The van der Waals surface area contributed by atoms with Gasteiger partial charge in [-0.1, -0.05) is 0 Å². The van der Waals surface area contributed by atoms with Crippen molar-refractivity contribution in [1.29, 1.82) is 0 Å². The molecule has 1 aromatic heterocycles. The van der Waals surface area contributed by atoms with Crippen LogP contribution in [0.4, 0.5) is 5.69 Å². The van der Waals surface area contributed by atoms with Crippen LogP contribution in [0.1, 0.15) is 31.5 Å². The highest BCUT2D eigenvalue weighted by Gasteiger charge is 2.35. The fourth-order valence-corrected chi connectivity index (χ4v) is 2.95. The Hall–Kier alpha value is -1.62. The van der Waals surface area contributed by atoms with Crippen LogP contribution in [-0.4, -0.2) is 41.5 Å². The molecule has 1 amide bonds. The van der Waals surface area contributed by atoms with E-state index in [4.69, 9.17) is 5.73 Å². The van der Waals surface area contributed by atoms with Crippen LogP contribution in [0, 0.1) is 0 Å². The topological polar surface area (TPSA) is 62.5 Å². The van der Waals surface area contributed by atoms with Crippen LogP contribution >= 0.6 is 0 Å². The number of rotatable bonds is 2. The number of hydrogen-bond acceptors (Lipinski definition) is 4. The molecule has 0 aliphatic carbocycles. The molecule has 0 spiro atoms. The number of carbonyl (C=O) groups excluding carboxylic acids is 1. The minimum absolute atomic E-state index is 0.0293. The summed E-state index contributed by atoms with van der Waals surface area (Å²) in [5.41, 5.74) is 7.85. The van der Waals surface area contributed by atoms with E-state index in [1.807, 2.05) is 24.1 Å². The predicted octanol–water partition coefficient (Wildman–Crippen LogP) is 0.912. The van der Waals surface area contributed by atoms with Crippen LogP contribution < -0.4 is 10.6 Å². The number of nitrogens with zero attached hydrogens (tertiary/aromatic N) is 3. The summed E-state index contributed by atoms with van der Waals surface area (Å²) < 4.78 is 0. The summed E-state index contributed by atoms with van der Waals surface area (Å²) in [7, 11) is 0. The lowest BCUT2D eigenvalue weighted by atomic mass is 10.1. The van der Waals surface area contributed by atoms with Gasteiger partial charge < -0.3 is 15.5 Å². The molecule has 2 atom stereocenters. The molecule has 5 nitrogen and oxygen atoms in total. The van der Waals surface area contributed by atoms with Gasteiger partial charge in [0.15, 0.2) is 0 Å². The van der Waals surface area contributed by atoms with Gasteiger partial charge in [-0.2, -0.15) is 0 Å². The van der Waals surface area contributed by atoms with E-state index in [-0.39, 0.29) is 6.04 Å². The van der Waals surface area contributed by atoms with Gasteiger partial charge in [0.2, 0.25) is 5.91 Å². The van der Waals surface area contributed by atoms with Gasteiger partial charge in [-0.3, -0.25) is 9.78 Å². The van der Waals surface area contributed by atoms with Crippen molar-refractivity contribution < 1.29 is 4.79 Å². The third-order valence-electron chi connectivity index (χ3n) is 4.10. The number of piperazine rings is 1. The van der Waals surface area contributed by atoms with E-state index in [1.54, 1.807) is 0 Å². The lowest BCUT2D eigenvalue weighted by Gasteiger charge is -2.38. The van der Waals surface area contributed by atoms with Crippen molar-refractivity contribution >= 4 is 11.6 Å². The van der Waals surface area contributed by atoms with Crippen LogP contribution in [0.2, 0.25) is 0 Å². The number of fused-ring (bicyclic) bond motifs is 1. The third-order valence-corrected chi connectivity index (χ3v) is 4.10. The van der Waals surface area contributed by atoms with Crippen molar-refractivity contribution in [2.24, 2.45) is 5.73 Å². The number of carbonyl (C=O) groups is 1. The van der Waals surface area contributed by atoms with Gasteiger partial charge >= 0.3 is 0 Å². The van der Waals surface area contributed by atoms with Gasteiger partial charge in [0.1, 0.15) is 0 Å². The Bertz CT molecular complexity index is 471. The summed E-state index contributed by atoms with van der Waals surface area (Å²) in [4.78, 5) is 20.4. The monoisotopic (exact) mass is 260 g/mol. The molecule has 0 aromatic carbocycles. The van der Waals surface area contributed by atoms with E-state index >= 15 is 0 Å². The van der Waals surface area contributed by atoms with Gasteiger partial charge in [0.25, 0.3) is 0 Å². The zero-order chi connectivity index (χ0) is 13.4. The molecule has 2 aliphatic heterocycles. The quantitative estimate of drug-likeness (QED) is 0.858. The first-order valence-corrected chi connectivity index (χ1v) is 6.91. The molecule has 2 N–H and O–H groups in total. The van der Waals surface area contributed by atoms with Crippen LogP contribution in [0.15, 0.2) is 18.3 Å². The number of pyridine rings is 1. The minimum atomic E-state index is -0.0293. The standard InChI is InChI=1S/C14H20N4O/c1-10(15)13-4-2-11(8-16-13)17-6-7-18-12(9-17)3-5-14(18)19/h2,4,8,10,12H,3,5-7,9,15H2,1H3. The molecule has 2 fully saturated rings. The van der Waals surface area contributed by atoms with Crippen molar-refractivity contribution in [2.75, 3.05) is 24.5 Å².